The van der Waals surface area contributed by atoms with E-state index in [2.05, 4.69) is 10.2 Å². The van der Waals surface area contributed by atoms with Crippen molar-refractivity contribution in [3.8, 4) is 5.75 Å². The molecule has 0 aliphatic heterocycles. The molecular formula is C14H21ClN2O2. The Morgan fingerprint density at radius 3 is 2.79 bits per heavy atom. The molecule has 0 radical (unpaired) electrons. The fraction of sp³-hybridized carbons (Fsp3) is 0.500. The predicted molar refractivity (Wildman–Crippen MR) is 77.7 cm³/mol. The Kier molecular flexibility index (Phi) is 6.12. The molecular weight excluding hydrogens is 264 g/mol. The zero-order chi connectivity index (χ0) is 14.4. The summed E-state index contributed by atoms with van der Waals surface area (Å²) in [5.74, 6) is -0.422. The lowest BCUT2D eigenvalue weighted by atomic mass is 9.99. The molecule has 0 heterocycles. The first-order valence-electron chi connectivity index (χ1n) is 6.32. The summed E-state index contributed by atoms with van der Waals surface area (Å²) in [4.78, 5) is 14.0. The van der Waals surface area contributed by atoms with Gasteiger partial charge in [0.1, 0.15) is 5.75 Å². The molecule has 1 unspecified atom stereocenters. The van der Waals surface area contributed by atoms with Crippen molar-refractivity contribution in [1.29, 1.82) is 0 Å². The third-order valence-electron chi connectivity index (χ3n) is 2.93. The predicted octanol–water partition coefficient (Wildman–Crippen LogP) is 2.22. The fourth-order valence-corrected chi connectivity index (χ4v) is 1.95. The summed E-state index contributed by atoms with van der Waals surface area (Å²) in [5, 5.41) is 13.1. The van der Waals surface area contributed by atoms with Crippen molar-refractivity contribution in [2.75, 3.05) is 27.2 Å². The molecule has 0 aliphatic rings. The number of carbonyl (C=O) groups excluding carboxylic acids is 1. The molecule has 1 rings (SSSR count). The molecule has 1 atom stereocenters. The lowest BCUT2D eigenvalue weighted by Gasteiger charge is -2.15. The van der Waals surface area contributed by atoms with Crippen LogP contribution in [0.15, 0.2) is 18.2 Å². The summed E-state index contributed by atoms with van der Waals surface area (Å²) in [6.07, 6.45) is 0.896. The van der Waals surface area contributed by atoms with Gasteiger partial charge >= 0.3 is 0 Å². The SMILES string of the molecule is CC(C(=O)NCCCN(C)C)c1cc(Cl)ccc1O. The Morgan fingerprint density at radius 2 is 2.16 bits per heavy atom. The first-order chi connectivity index (χ1) is 8.91. The number of phenolic OH excluding ortho intramolecular Hbond substituents is 1. The molecule has 19 heavy (non-hydrogen) atoms. The van der Waals surface area contributed by atoms with Crippen LogP contribution in [0.4, 0.5) is 0 Å². The molecule has 0 saturated carbocycles. The Balaban J connectivity index is 2.54. The molecule has 0 aliphatic carbocycles. The Labute approximate surface area is 119 Å². The van der Waals surface area contributed by atoms with Crippen LogP contribution in [-0.2, 0) is 4.79 Å². The lowest BCUT2D eigenvalue weighted by molar-refractivity contribution is -0.122. The normalized spacial score (nSPS) is 12.5. The van der Waals surface area contributed by atoms with Gasteiger partial charge in [0.05, 0.1) is 5.92 Å². The summed E-state index contributed by atoms with van der Waals surface area (Å²) in [5.41, 5.74) is 0.553. The van der Waals surface area contributed by atoms with Crippen molar-refractivity contribution in [3.05, 3.63) is 28.8 Å². The van der Waals surface area contributed by atoms with Gasteiger partial charge in [0.25, 0.3) is 0 Å². The molecule has 1 aromatic rings. The minimum absolute atomic E-state index is 0.0975. The van der Waals surface area contributed by atoms with E-state index in [4.69, 9.17) is 11.6 Å². The number of hydrogen-bond donors (Lipinski definition) is 2. The number of phenols is 1. The zero-order valence-corrected chi connectivity index (χ0v) is 12.4. The molecule has 0 saturated heterocycles. The van der Waals surface area contributed by atoms with Crippen LogP contribution in [0.2, 0.25) is 5.02 Å². The highest BCUT2D eigenvalue weighted by Gasteiger charge is 2.18. The van der Waals surface area contributed by atoms with Crippen molar-refractivity contribution in [1.82, 2.24) is 10.2 Å². The second-order valence-electron chi connectivity index (χ2n) is 4.87. The smallest absolute Gasteiger partial charge is 0.227 e. The highest BCUT2D eigenvalue weighted by atomic mass is 35.5. The molecule has 2 N–H and O–H groups in total. The average Bonchev–Trinajstić information content (AvgIpc) is 2.36. The van der Waals surface area contributed by atoms with Gasteiger partial charge in [-0.2, -0.15) is 0 Å². The minimum atomic E-state index is -0.418. The Bertz CT molecular complexity index is 435. The van der Waals surface area contributed by atoms with E-state index in [1.54, 1.807) is 19.1 Å². The summed E-state index contributed by atoms with van der Waals surface area (Å²) < 4.78 is 0. The second-order valence-corrected chi connectivity index (χ2v) is 5.31. The van der Waals surface area contributed by atoms with Crippen molar-refractivity contribution in [3.63, 3.8) is 0 Å². The van der Waals surface area contributed by atoms with Gasteiger partial charge in [-0.05, 0) is 52.2 Å². The number of amides is 1. The van der Waals surface area contributed by atoms with Gasteiger partial charge in [0, 0.05) is 17.1 Å². The van der Waals surface area contributed by atoms with Gasteiger partial charge in [0.2, 0.25) is 5.91 Å². The van der Waals surface area contributed by atoms with Crippen LogP contribution in [0.5, 0.6) is 5.75 Å². The molecule has 0 bridgehead atoms. The molecule has 0 aromatic heterocycles. The summed E-state index contributed by atoms with van der Waals surface area (Å²) in [7, 11) is 3.99. The summed E-state index contributed by atoms with van der Waals surface area (Å²) >= 11 is 5.88. The number of nitrogens with one attached hydrogen (secondary N) is 1. The van der Waals surface area contributed by atoms with Gasteiger partial charge in [-0.1, -0.05) is 11.6 Å². The number of rotatable bonds is 6. The topological polar surface area (TPSA) is 52.6 Å². The number of hydrogen-bond acceptors (Lipinski definition) is 3. The number of carbonyl (C=O) groups is 1. The second kappa shape index (κ2) is 7.36. The maximum atomic E-state index is 12.0. The van der Waals surface area contributed by atoms with E-state index in [-0.39, 0.29) is 11.7 Å². The molecule has 4 nitrogen and oxygen atoms in total. The van der Waals surface area contributed by atoms with Crippen LogP contribution in [-0.4, -0.2) is 43.1 Å². The quantitative estimate of drug-likeness (QED) is 0.788. The van der Waals surface area contributed by atoms with Crippen LogP contribution in [0, 0.1) is 0 Å². The summed E-state index contributed by atoms with van der Waals surface area (Å²) in [6.45, 7) is 3.31. The van der Waals surface area contributed by atoms with E-state index in [0.29, 0.717) is 17.1 Å². The van der Waals surface area contributed by atoms with Gasteiger partial charge in [0.15, 0.2) is 0 Å². The first kappa shape index (κ1) is 15.8. The van der Waals surface area contributed by atoms with Gasteiger partial charge < -0.3 is 15.3 Å². The number of aromatic hydroxyl groups is 1. The van der Waals surface area contributed by atoms with E-state index >= 15 is 0 Å². The molecule has 5 heteroatoms. The molecule has 1 amide bonds. The molecule has 0 spiro atoms. The van der Waals surface area contributed by atoms with Crippen molar-refractivity contribution >= 4 is 17.5 Å². The van der Waals surface area contributed by atoms with Crippen molar-refractivity contribution < 1.29 is 9.90 Å². The number of nitrogens with zero attached hydrogens (tertiary/aromatic N) is 1. The van der Waals surface area contributed by atoms with E-state index in [9.17, 15) is 9.90 Å². The number of benzene rings is 1. The first-order valence-corrected chi connectivity index (χ1v) is 6.70. The van der Waals surface area contributed by atoms with Crippen LogP contribution in [0.25, 0.3) is 0 Å². The van der Waals surface area contributed by atoms with Crippen molar-refractivity contribution in [2.45, 2.75) is 19.3 Å². The monoisotopic (exact) mass is 284 g/mol. The fourth-order valence-electron chi connectivity index (χ4n) is 1.77. The highest BCUT2D eigenvalue weighted by Crippen LogP contribution is 2.28. The van der Waals surface area contributed by atoms with E-state index in [1.165, 1.54) is 6.07 Å². The zero-order valence-electron chi connectivity index (χ0n) is 11.6. The maximum Gasteiger partial charge on any atom is 0.227 e. The van der Waals surface area contributed by atoms with Crippen molar-refractivity contribution in [2.24, 2.45) is 0 Å². The van der Waals surface area contributed by atoms with Crippen LogP contribution < -0.4 is 5.32 Å². The van der Waals surface area contributed by atoms with Gasteiger partial charge in [-0.3, -0.25) is 4.79 Å². The van der Waals surface area contributed by atoms with Crippen LogP contribution >= 0.6 is 11.6 Å². The largest absolute Gasteiger partial charge is 0.508 e. The standard InChI is InChI=1S/C14H21ClN2O2/c1-10(12-9-11(15)5-6-13(12)18)14(19)16-7-4-8-17(2)3/h5-6,9-10,18H,4,7-8H2,1-3H3,(H,16,19). The lowest BCUT2D eigenvalue weighted by Crippen LogP contribution is -2.30. The third-order valence-corrected chi connectivity index (χ3v) is 3.17. The van der Waals surface area contributed by atoms with E-state index in [1.807, 2.05) is 14.1 Å². The van der Waals surface area contributed by atoms with E-state index < -0.39 is 5.92 Å². The highest BCUT2D eigenvalue weighted by molar-refractivity contribution is 6.30. The van der Waals surface area contributed by atoms with E-state index in [0.717, 1.165) is 13.0 Å². The van der Waals surface area contributed by atoms with Crippen LogP contribution in [0.3, 0.4) is 0 Å². The maximum absolute atomic E-state index is 12.0. The Morgan fingerprint density at radius 1 is 1.47 bits per heavy atom. The molecule has 1 aromatic carbocycles. The van der Waals surface area contributed by atoms with Gasteiger partial charge in [-0.25, -0.2) is 0 Å². The van der Waals surface area contributed by atoms with Crippen LogP contribution in [0.1, 0.15) is 24.8 Å². The minimum Gasteiger partial charge on any atom is -0.508 e. The summed E-state index contributed by atoms with van der Waals surface area (Å²) in [6, 6.07) is 4.73. The molecule has 106 valence electrons. The van der Waals surface area contributed by atoms with Gasteiger partial charge in [-0.15, -0.1) is 0 Å². The average molecular weight is 285 g/mol. The number of halogens is 1. The molecule has 0 fully saturated rings. The third kappa shape index (κ3) is 5.09. The Hall–Kier alpha value is -1.26.